The highest BCUT2D eigenvalue weighted by Gasteiger charge is 2.05. The lowest BCUT2D eigenvalue weighted by atomic mass is 10.00. The van der Waals surface area contributed by atoms with Gasteiger partial charge in [-0.15, -0.1) is 0 Å². The van der Waals surface area contributed by atoms with E-state index in [9.17, 15) is 0 Å². The molecule has 1 aliphatic heterocycles. The second kappa shape index (κ2) is 4.70. The molecule has 0 radical (unpaired) electrons. The third-order valence-electron chi connectivity index (χ3n) is 1.71. The van der Waals surface area contributed by atoms with E-state index in [4.69, 9.17) is 0 Å². The molecular weight excluding hydrogens is 249 g/mol. The fourth-order valence-electron chi connectivity index (χ4n) is 1.06. The first-order valence-corrected chi connectivity index (χ1v) is 4.88. The SMILES string of the molecule is C=C(I)CC[C@H]1C=NC=CC1. The van der Waals surface area contributed by atoms with Gasteiger partial charge in [0.05, 0.1) is 0 Å². The van der Waals surface area contributed by atoms with E-state index >= 15 is 0 Å². The number of hydrogen-bond acceptors (Lipinski definition) is 1. The molecule has 1 nitrogen and oxygen atoms in total. The van der Waals surface area contributed by atoms with Crippen LogP contribution in [0.1, 0.15) is 19.3 Å². The molecule has 0 aromatic carbocycles. The van der Waals surface area contributed by atoms with Gasteiger partial charge in [-0.3, -0.25) is 4.99 Å². The highest BCUT2D eigenvalue weighted by atomic mass is 127. The van der Waals surface area contributed by atoms with E-state index in [-0.39, 0.29) is 0 Å². The summed E-state index contributed by atoms with van der Waals surface area (Å²) in [5, 5.41) is 0. The third-order valence-corrected chi connectivity index (χ3v) is 2.25. The molecule has 0 saturated carbocycles. The van der Waals surface area contributed by atoms with E-state index in [2.05, 4.69) is 40.2 Å². The van der Waals surface area contributed by atoms with Gasteiger partial charge in [-0.2, -0.15) is 0 Å². The molecule has 1 aliphatic rings. The molecule has 0 spiro atoms. The monoisotopic (exact) mass is 261 g/mol. The van der Waals surface area contributed by atoms with E-state index in [0.29, 0.717) is 5.92 Å². The number of halogens is 1. The van der Waals surface area contributed by atoms with Crippen LogP contribution < -0.4 is 0 Å². The lowest BCUT2D eigenvalue weighted by molar-refractivity contribution is 0.646. The lowest BCUT2D eigenvalue weighted by Gasteiger charge is -2.10. The molecule has 0 saturated heterocycles. The fourth-order valence-corrected chi connectivity index (χ4v) is 1.37. The van der Waals surface area contributed by atoms with Gasteiger partial charge in [0.1, 0.15) is 0 Å². The largest absolute Gasteiger partial charge is 0.269 e. The molecule has 0 N–H and O–H groups in total. The molecule has 2 heteroatoms. The zero-order chi connectivity index (χ0) is 8.10. The van der Waals surface area contributed by atoms with Crippen molar-refractivity contribution in [3.8, 4) is 0 Å². The van der Waals surface area contributed by atoms with Crippen molar-refractivity contribution in [3.63, 3.8) is 0 Å². The van der Waals surface area contributed by atoms with Crippen molar-refractivity contribution >= 4 is 28.8 Å². The van der Waals surface area contributed by atoms with Gasteiger partial charge in [0.15, 0.2) is 0 Å². The van der Waals surface area contributed by atoms with Crippen LogP contribution in [0.25, 0.3) is 0 Å². The first-order valence-electron chi connectivity index (χ1n) is 3.80. The number of rotatable bonds is 3. The second-order valence-electron chi connectivity index (χ2n) is 2.73. The molecular formula is C9H12IN. The van der Waals surface area contributed by atoms with Crippen LogP contribution in [0, 0.1) is 5.92 Å². The van der Waals surface area contributed by atoms with E-state index in [0.717, 1.165) is 12.8 Å². The third kappa shape index (κ3) is 3.70. The Balaban J connectivity index is 2.22. The van der Waals surface area contributed by atoms with Crippen LogP contribution in [0.3, 0.4) is 0 Å². The molecule has 0 unspecified atom stereocenters. The van der Waals surface area contributed by atoms with E-state index < -0.39 is 0 Å². The highest BCUT2D eigenvalue weighted by Crippen LogP contribution is 2.18. The summed E-state index contributed by atoms with van der Waals surface area (Å²) in [6, 6.07) is 0. The average Bonchev–Trinajstić information content (AvgIpc) is 2.03. The Morgan fingerprint density at radius 3 is 3.09 bits per heavy atom. The summed E-state index contributed by atoms with van der Waals surface area (Å²) in [7, 11) is 0. The van der Waals surface area contributed by atoms with Crippen LogP contribution >= 0.6 is 22.6 Å². The maximum atomic E-state index is 4.10. The minimum absolute atomic E-state index is 0.645. The summed E-state index contributed by atoms with van der Waals surface area (Å²) in [6.45, 7) is 3.86. The normalized spacial score (nSPS) is 22.1. The second-order valence-corrected chi connectivity index (χ2v) is 4.26. The molecule has 1 atom stereocenters. The van der Waals surface area contributed by atoms with Gasteiger partial charge in [0.25, 0.3) is 0 Å². The Bertz CT molecular complexity index is 194. The van der Waals surface area contributed by atoms with Crippen LogP contribution in [0.4, 0.5) is 0 Å². The summed E-state index contributed by atoms with van der Waals surface area (Å²) < 4.78 is 1.24. The van der Waals surface area contributed by atoms with Gasteiger partial charge in [-0.1, -0.05) is 12.7 Å². The van der Waals surface area contributed by atoms with Crippen molar-refractivity contribution in [2.24, 2.45) is 10.9 Å². The van der Waals surface area contributed by atoms with Crippen LogP contribution in [-0.2, 0) is 0 Å². The number of aliphatic imine (C=N–C) groups is 1. The minimum atomic E-state index is 0.645. The van der Waals surface area contributed by atoms with Crippen LogP contribution in [0.2, 0.25) is 0 Å². The summed E-state index contributed by atoms with van der Waals surface area (Å²) in [5.74, 6) is 0.645. The Labute approximate surface area is 81.4 Å². The van der Waals surface area contributed by atoms with E-state index in [1.807, 2.05) is 12.4 Å². The van der Waals surface area contributed by atoms with Gasteiger partial charge >= 0.3 is 0 Å². The maximum absolute atomic E-state index is 4.10. The molecule has 0 fully saturated rings. The van der Waals surface area contributed by atoms with Crippen molar-refractivity contribution < 1.29 is 0 Å². The van der Waals surface area contributed by atoms with Crippen molar-refractivity contribution in [2.45, 2.75) is 19.3 Å². The molecule has 0 aromatic heterocycles. The molecule has 60 valence electrons. The predicted octanol–water partition coefficient (Wildman–Crippen LogP) is 3.32. The molecule has 0 aliphatic carbocycles. The Kier molecular flexibility index (Phi) is 3.83. The summed E-state index contributed by atoms with van der Waals surface area (Å²) in [6.07, 6.45) is 9.49. The Morgan fingerprint density at radius 1 is 1.73 bits per heavy atom. The molecule has 0 amide bonds. The van der Waals surface area contributed by atoms with Crippen molar-refractivity contribution in [1.82, 2.24) is 0 Å². The van der Waals surface area contributed by atoms with Crippen molar-refractivity contribution in [1.29, 1.82) is 0 Å². The number of allylic oxidation sites excluding steroid dienone is 2. The molecule has 1 rings (SSSR count). The number of hydrogen-bond donors (Lipinski definition) is 0. The summed E-state index contributed by atoms with van der Waals surface area (Å²) in [4.78, 5) is 4.10. The quantitative estimate of drug-likeness (QED) is 0.691. The van der Waals surface area contributed by atoms with Crippen LogP contribution in [-0.4, -0.2) is 6.21 Å². The van der Waals surface area contributed by atoms with Crippen LogP contribution in [0.15, 0.2) is 27.4 Å². The Hall–Kier alpha value is -0.120. The molecule has 1 heterocycles. The summed E-state index contributed by atoms with van der Waals surface area (Å²) >= 11 is 2.28. The topological polar surface area (TPSA) is 12.4 Å². The predicted molar refractivity (Wildman–Crippen MR) is 58.1 cm³/mol. The zero-order valence-electron chi connectivity index (χ0n) is 6.46. The minimum Gasteiger partial charge on any atom is -0.269 e. The number of nitrogens with zero attached hydrogens (tertiary/aromatic N) is 1. The standard InChI is InChI=1S/C9H12IN/c1-8(10)4-5-9-3-2-6-11-7-9/h2,6-7,9H,1,3-5H2/t9-/m0/s1. The zero-order valence-corrected chi connectivity index (χ0v) is 8.62. The van der Waals surface area contributed by atoms with E-state index in [1.54, 1.807) is 0 Å². The first-order chi connectivity index (χ1) is 5.29. The lowest BCUT2D eigenvalue weighted by Crippen LogP contribution is -2.02. The fraction of sp³-hybridized carbons (Fsp3) is 0.444. The summed E-state index contributed by atoms with van der Waals surface area (Å²) in [5.41, 5.74) is 0. The van der Waals surface area contributed by atoms with Crippen molar-refractivity contribution in [2.75, 3.05) is 0 Å². The van der Waals surface area contributed by atoms with Gasteiger partial charge in [0.2, 0.25) is 0 Å². The van der Waals surface area contributed by atoms with E-state index in [1.165, 1.54) is 10.0 Å². The van der Waals surface area contributed by atoms with Crippen molar-refractivity contribution in [3.05, 3.63) is 22.4 Å². The molecule has 0 aromatic rings. The van der Waals surface area contributed by atoms with Gasteiger partial charge in [-0.25, -0.2) is 0 Å². The highest BCUT2D eigenvalue weighted by molar-refractivity contribution is 14.1. The maximum Gasteiger partial charge on any atom is 0.0224 e. The average molecular weight is 261 g/mol. The van der Waals surface area contributed by atoms with Gasteiger partial charge < -0.3 is 0 Å². The van der Waals surface area contributed by atoms with Gasteiger partial charge in [0, 0.05) is 12.4 Å². The smallest absolute Gasteiger partial charge is 0.0224 e. The first kappa shape index (κ1) is 8.97. The molecule has 11 heavy (non-hydrogen) atoms. The Morgan fingerprint density at radius 2 is 2.55 bits per heavy atom. The van der Waals surface area contributed by atoms with Crippen LogP contribution in [0.5, 0.6) is 0 Å². The van der Waals surface area contributed by atoms with Gasteiger partial charge in [-0.05, 0) is 51.4 Å². The molecule has 0 bridgehead atoms.